The first-order valence-corrected chi connectivity index (χ1v) is 7.62. The fraction of sp³-hybridized carbons (Fsp3) is 0.533. The van der Waals surface area contributed by atoms with Gasteiger partial charge < -0.3 is 20.7 Å². The summed E-state index contributed by atoms with van der Waals surface area (Å²) in [6, 6.07) is 5.58. The van der Waals surface area contributed by atoms with Crippen molar-refractivity contribution < 1.29 is 9.53 Å². The molecular formula is C15H24Cl3N3O2. The van der Waals surface area contributed by atoms with Crippen LogP contribution in [0.25, 0.3) is 0 Å². The van der Waals surface area contributed by atoms with E-state index in [0.29, 0.717) is 31.1 Å². The van der Waals surface area contributed by atoms with Crippen molar-refractivity contribution in [3.63, 3.8) is 0 Å². The molecule has 1 atom stereocenters. The molecule has 1 heterocycles. The van der Waals surface area contributed by atoms with Crippen LogP contribution in [-0.4, -0.2) is 38.3 Å². The van der Waals surface area contributed by atoms with E-state index in [1.54, 1.807) is 0 Å². The molecule has 1 unspecified atom stereocenters. The Bertz CT molecular complexity index is 495. The van der Waals surface area contributed by atoms with Gasteiger partial charge in [0.25, 0.3) is 0 Å². The Labute approximate surface area is 154 Å². The van der Waals surface area contributed by atoms with E-state index in [1.165, 1.54) is 0 Å². The highest BCUT2D eigenvalue weighted by Crippen LogP contribution is 2.34. The molecule has 0 aliphatic carbocycles. The summed E-state index contributed by atoms with van der Waals surface area (Å²) in [5.74, 6) is -0.0379. The van der Waals surface area contributed by atoms with E-state index < -0.39 is 0 Å². The molecule has 3 N–H and O–H groups in total. The van der Waals surface area contributed by atoms with Crippen molar-refractivity contribution >= 4 is 53.7 Å². The molecule has 8 heteroatoms. The standard InChI is InChI=1S/C15H22ClN3O2.2ClH/c1-11(17)5-6-14(20)18-13-4-2-3-12(16)15(13)19-7-9-21-10-8-19;;/h2-4,11H,5-10,17H2,1H3,(H,18,20);2*1H. The van der Waals surface area contributed by atoms with Crippen LogP contribution in [0.2, 0.25) is 5.02 Å². The highest BCUT2D eigenvalue weighted by Gasteiger charge is 2.19. The minimum atomic E-state index is -0.0379. The van der Waals surface area contributed by atoms with Crippen LogP contribution in [0.1, 0.15) is 19.8 Å². The van der Waals surface area contributed by atoms with Crippen molar-refractivity contribution in [3.05, 3.63) is 23.2 Å². The minimum Gasteiger partial charge on any atom is -0.378 e. The maximum atomic E-state index is 12.0. The summed E-state index contributed by atoms with van der Waals surface area (Å²) in [5, 5.41) is 3.58. The fourth-order valence-electron chi connectivity index (χ4n) is 2.30. The number of carbonyl (C=O) groups excluding carboxylic acids is 1. The first kappa shape index (κ1) is 22.3. The lowest BCUT2D eigenvalue weighted by Crippen LogP contribution is -2.37. The van der Waals surface area contributed by atoms with Crippen LogP contribution in [0.5, 0.6) is 0 Å². The van der Waals surface area contributed by atoms with Crippen molar-refractivity contribution in [2.24, 2.45) is 5.73 Å². The van der Waals surface area contributed by atoms with Gasteiger partial charge in [0, 0.05) is 25.6 Å². The lowest BCUT2D eigenvalue weighted by Gasteiger charge is -2.31. The van der Waals surface area contributed by atoms with Crippen molar-refractivity contribution in [1.82, 2.24) is 0 Å². The molecule has 23 heavy (non-hydrogen) atoms. The average molecular weight is 385 g/mol. The Hall–Kier alpha value is -0.720. The van der Waals surface area contributed by atoms with Gasteiger partial charge in [0.1, 0.15) is 0 Å². The van der Waals surface area contributed by atoms with E-state index in [-0.39, 0.29) is 36.8 Å². The van der Waals surface area contributed by atoms with Gasteiger partial charge in [0.05, 0.1) is 29.6 Å². The van der Waals surface area contributed by atoms with Gasteiger partial charge in [-0.05, 0) is 25.5 Å². The molecule has 0 spiro atoms. The lowest BCUT2D eigenvalue weighted by molar-refractivity contribution is -0.116. The predicted octanol–water partition coefficient (Wildman–Crippen LogP) is 3.09. The zero-order valence-corrected chi connectivity index (χ0v) is 15.5. The van der Waals surface area contributed by atoms with Gasteiger partial charge in [-0.2, -0.15) is 0 Å². The minimum absolute atomic E-state index is 0. The van der Waals surface area contributed by atoms with Crippen molar-refractivity contribution in [2.75, 3.05) is 36.5 Å². The van der Waals surface area contributed by atoms with Crippen LogP contribution in [0.4, 0.5) is 11.4 Å². The summed E-state index contributed by atoms with van der Waals surface area (Å²) in [4.78, 5) is 14.2. The number of amides is 1. The normalized spacial score (nSPS) is 15.2. The van der Waals surface area contributed by atoms with E-state index in [2.05, 4.69) is 10.2 Å². The van der Waals surface area contributed by atoms with Crippen LogP contribution in [0.3, 0.4) is 0 Å². The molecule has 0 saturated carbocycles. The second-order valence-corrected chi connectivity index (χ2v) is 5.71. The number of rotatable bonds is 5. The molecule has 5 nitrogen and oxygen atoms in total. The van der Waals surface area contributed by atoms with E-state index in [9.17, 15) is 4.79 Å². The van der Waals surface area contributed by atoms with Crippen LogP contribution >= 0.6 is 36.4 Å². The zero-order valence-electron chi connectivity index (χ0n) is 13.1. The average Bonchev–Trinajstić information content (AvgIpc) is 2.46. The smallest absolute Gasteiger partial charge is 0.224 e. The molecule has 0 radical (unpaired) electrons. The first-order chi connectivity index (χ1) is 10.1. The third-order valence-electron chi connectivity index (χ3n) is 3.41. The number of nitrogens with two attached hydrogens (primary N) is 1. The molecule has 0 aromatic heterocycles. The number of carbonyl (C=O) groups is 1. The molecule has 1 saturated heterocycles. The quantitative estimate of drug-likeness (QED) is 0.818. The summed E-state index contributed by atoms with van der Waals surface area (Å²) in [6.45, 7) is 4.78. The monoisotopic (exact) mass is 383 g/mol. The van der Waals surface area contributed by atoms with E-state index in [4.69, 9.17) is 22.1 Å². The maximum absolute atomic E-state index is 12.0. The molecular weight excluding hydrogens is 361 g/mol. The number of halogens is 3. The second-order valence-electron chi connectivity index (χ2n) is 5.30. The van der Waals surface area contributed by atoms with Crippen LogP contribution < -0.4 is 16.0 Å². The number of anilines is 2. The van der Waals surface area contributed by atoms with Crippen LogP contribution in [-0.2, 0) is 9.53 Å². The summed E-state index contributed by atoms with van der Waals surface area (Å²) in [5.41, 5.74) is 7.30. The van der Waals surface area contributed by atoms with E-state index >= 15 is 0 Å². The summed E-state index contributed by atoms with van der Waals surface area (Å²) < 4.78 is 5.36. The van der Waals surface area contributed by atoms with Crippen molar-refractivity contribution in [3.8, 4) is 0 Å². The van der Waals surface area contributed by atoms with E-state index in [0.717, 1.165) is 24.5 Å². The zero-order chi connectivity index (χ0) is 15.2. The number of nitrogens with one attached hydrogen (secondary N) is 1. The third kappa shape index (κ3) is 6.73. The molecule has 1 aliphatic rings. The fourth-order valence-corrected chi connectivity index (χ4v) is 2.59. The Morgan fingerprint density at radius 1 is 1.39 bits per heavy atom. The Balaban J connectivity index is 0.00000242. The molecule has 1 aromatic carbocycles. The summed E-state index contributed by atoms with van der Waals surface area (Å²) in [6.07, 6.45) is 1.08. The number of para-hydroxylation sites is 1. The number of ether oxygens (including phenoxy) is 1. The van der Waals surface area contributed by atoms with Gasteiger partial charge in [-0.15, -0.1) is 24.8 Å². The summed E-state index contributed by atoms with van der Waals surface area (Å²) in [7, 11) is 0. The van der Waals surface area contributed by atoms with Gasteiger partial charge in [0.15, 0.2) is 0 Å². The van der Waals surface area contributed by atoms with Crippen molar-refractivity contribution in [2.45, 2.75) is 25.8 Å². The molecule has 2 rings (SSSR count). The molecule has 1 aliphatic heterocycles. The Morgan fingerprint density at radius 2 is 2.04 bits per heavy atom. The van der Waals surface area contributed by atoms with Gasteiger partial charge in [-0.25, -0.2) is 0 Å². The lowest BCUT2D eigenvalue weighted by atomic mass is 10.1. The van der Waals surface area contributed by atoms with E-state index in [1.807, 2.05) is 25.1 Å². The number of benzene rings is 1. The van der Waals surface area contributed by atoms with Crippen LogP contribution in [0.15, 0.2) is 18.2 Å². The highest BCUT2D eigenvalue weighted by molar-refractivity contribution is 6.34. The molecule has 0 bridgehead atoms. The maximum Gasteiger partial charge on any atom is 0.224 e. The number of nitrogens with zero attached hydrogens (tertiary/aromatic N) is 1. The Kier molecular flexibility index (Phi) is 10.6. The van der Waals surface area contributed by atoms with Crippen molar-refractivity contribution in [1.29, 1.82) is 0 Å². The predicted molar refractivity (Wildman–Crippen MR) is 100 cm³/mol. The van der Waals surface area contributed by atoms with Gasteiger partial charge in [-0.1, -0.05) is 17.7 Å². The van der Waals surface area contributed by atoms with Gasteiger partial charge in [0.2, 0.25) is 5.91 Å². The Morgan fingerprint density at radius 3 is 2.65 bits per heavy atom. The summed E-state index contributed by atoms with van der Waals surface area (Å²) >= 11 is 6.32. The number of hydrogen-bond donors (Lipinski definition) is 2. The number of morpholine rings is 1. The first-order valence-electron chi connectivity index (χ1n) is 7.24. The highest BCUT2D eigenvalue weighted by atomic mass is 35.5. The third-order valence-corrected chi connectivity index (χ3v) is 3.72. The molecule has 132 valence electrons. The number of hydrogen-bond acceptors (Lipinski definition) is 4. The largest absolute Gasteiger partial charge is 0.378 e. The van der Waals surface area contributed by atoms with Gasteiger partial charge >= 0.3 is 0 Å². The van der Waals surface area contributed by atoms with Crippen LogP contribution in [0, 0.1) is 0 Å². The topological polar surface area (TPSA) is 67.6 Å². The molecule has 1 amide bonds. The SMILES string of the molecule is CC(N)CCC(=O)Nc1cccc(Cl)c1N1CCOCC1.Cl.Cl. The molecule has 1 fully saturated rings. The molecule has 1 aromatic rings. The van der Waals surface area contributed by atoms with Gasteiger partial charge in [-0.3, -0.25) is 4.79 Å². The second kappa shape index (κ2) is 10.9.